The molecule has 3 aromatic rings. The van der Waals surface area contributed by atoms with E-state index in [2.05, 4.69) is 15.6 Å². The van der Waals surface area contributed by atoms with Gasteiger partial charge in [-0.25, -0.2) is 13.8 Å². The number of nitrogens with one attached hydrogen (secondary N) is 2. The molecular weight excluding hydrogens is 312 g/mol. The minimum absolute atomic E-state index is 0.207. The maximum Gasteiger partial charge on any atom is 0.256 e. The third kappa shape index (κ3) is 3.92. The van der Waals surface area contributed by atoms with E-state index in [1.807, 2.05) is 0 Å². The molecule has 1 heterocycles. The largest absolute Gasteiger partial charge is 0.354 e. The van der Waals surface area contributed by atoms with Gasteiger partial charge >= 0.3 is 0 Å². The normalized spacial score (nSPS) is 10.2. The lowest BCUT2D eigenvalue weighted by molar-refractivity contribution is 0.102. The van der Waals surface area contributed by atoms with Gasteiger partial charge in [-0.1, -0.05) is 12.1 Å². The summed E-state index contributed by atoms with van der Waals surface area (Å²) in [5, 5.41) is 5.58. The van der Waals surface area contributed by atoms with Crippen LogP contribution >= 0.6 is 0 Å². The molecule has 120 valence electrons. The fourth-order valence-electron chi connectivity index (χ4n) is 2.09. The molecule has 0 aliphatic carbocycles. The summed E-state index contributed by atoms with van der Waals surface area (Å²) < 4.78 is 26.3. The van der Waals surface area contributed by atoms with Crippen LogP contribution in [0.15, 0.2) is 66.9 Å². The number of pyridine rings is 1. The Balaban J connectivity index is 1.67. The molecule has 0 radical (unpaired) electrons. The lowest BCUT2D eigenvalue weighted by Crippen LogP contribution is -2.13. The molecular formula is C18H13F2N3O. The highest BCUT2D eigenvalue weighted by atomic mass is 19.1. The van der Waals surface area contributed by atoms with Crippen LogP contribution in [-0.4, -0.2) is 10.9 Å². The number of nitrogens with zero attached hydrogens (tertiary/aromatic N) is 1. The SMILES string of the molecule is O=C(Nc1ccc(Nc2cccc(F)c2)cn1)c1cccc(F)c1. The predicted octanol–water partition coefficient (Wildman–Crippen LogP) is 4.36. The van der Waals surface area contributed by atoms with E-state index in [9.17, 15) is 13.6 Å². The van der Waals surface area contributed by atoms with Crippen molar-refractivity contribution in [3.8, 4) is 0 Å². The molecule has 0 atom stereocenters. The summed E-state index contributed by atoms with van der Waals surface area (Å²) in [4.78, 5) is 16.1. The van der Waals surface area contributed by atoms with Crippen molar-refractivity contribution in [2.24, 2.45) is 0 Å². The zero-order chi connectivity index (χ0) is 16.9. The highest BCUT2D eigenvalue weighted by molar-refractivity contribution is 6.03. The van der Waals surface area contributed by atoms with Gasteiger partial charge in [0.15, 0.2) is 0 Å². The van der Waals surface area contributed by atoms with Crippen LogP contribution < -0.4 is 10.6 Å². The quantitative estimate of drug-likeness (QED) is 0.749. The molecule has 1 aromatic heterocycles. The van der Waals surface area contributed by atoms with Gasteiger partial charge in [0.2, 0.25) is 0 Å². The molecule has 3 rings (SSSR count). The van der Waals surface area contributed by atoms with Gasteiger partial charge < -0.3 is 10.6 Å². The first kappa shape index (κ1) is 15.6. The number of aromatic nitrogens is 1. The Morgan fingerprint density at radius 3 is 2.29 bits per heavy atom. The Bertz CT molecular complexity index is 866. The van der Waals surface area contributed by atoms with Crippen molar-refractivity contribution in [3.63, 3.8) is 0 Å². The van der Waals surface area contributed by atoms with Crippen LogP contribution in [0.25, 0.3) is 0 Å². The molecule has 24 heavy (non-hydrogen) atoms. The molecule has 1 amide bonds. The standard InChI is InChI=1S/C18H13F2N3O/c19-13-4-1-3-12(9-13)18(24)23-17-8-7-16(11-21-17)22-15-6-2-5-14(20)10-15/h1-11,22H,(H,21,23,24). The molecule has 2 N–H and O–H groups in total. The van der Waals surface area contributed by atoms with E-state index < -0.39 is 11.7 Å². The van der Waals surface area contributed by atoms with Gasteiger partial charge in [0.25, 0.3) is 5.91 Å². The van der Waals surface area contributed by atoms with Gasteiger partial charge in [-0.15, -0.1) is 0 Å². The van der Waals surface area contributed by atoms with Crippen molar-refractivity contribution >= 4 is 23.1 Å². The number of rotatable bonds is 4. The van der Waals surface area contributed by atoms with Crippen molar-refractivity contribution in [2.45, 2.75) is 0 Å². The maximum atomic E-state index is 13.1. The van der Waals surface area contributed by atoms with E-state index in [0.717, 1.165) is 6.07 Å². The number of hydrogen-bond donors (Lipinski definition) is 2. The molecule has 0 unspecified atom stereocenters. The second-order valence-corrected chi connectivity index (χ2v) is 5.03. The Morgan fingerprint density at radius 2 is 1.62 bits per heavy atom. The fourth-order valence-corrected chi connectivity index (χ4v) is 2.09. The second kappa shape index (κ2) is 6.87. The third-order valence-corrected chi connectivity index (χ3v) is 3.21. The molecule has 6 heteroatoms. The van der Waals surface area contributed by atoms with Crippen LogP contribution in [0.5, 0.6) is 0 Å². The summed E-state index contributed by atoms with van der Waals surface area (Å²) in [7, 11) is 0. The van der Waals surface area contributed by atoms with Crippen molar-refractivity contribution < 1.29 is 13.6 Å². The topological polar surface area (TPSA) is 54.0 Å². The van der Waals surface area contributed by atoms with Crippen LogP contribution in [-0.2, 0) is 0 Å². The Hall–Kier alpha value is -3.28. The van der Waals surface area contributed by atoms with Crippen LogP contribution in [0.1, 0.15) is 10.4 Å². The van der Waals surface area contributed by atoms with E-state index in [4.69, 9.17) is 0 Å². The summed E-state index contributed by atoms with van der Waals surface area (Å²) in [5.74, 6) is -0.945. The van der Waals surface area contributed by atoms with Gasteiger partial charge in [0, 0.05) is 11.3 Å². The predicted molar refractivity (Wildman–Crippen MR) is 88.3 cm³/mol. The van der Waals surface area contributed by atoms with Crippen molar-refractivity contribution in [3.05, 3.63) is 84.1 Å². The summed E-state index contributed by atoms with van der Waals surface area (Å²) in [6.07, 6.45) is 1.51. The number of amides is 1. The Morgan fingerprint density at radius 1 is 0.875 bits per heavy atom. The van der Waals surface area contributed by atoms with Crippen molar-refractivity contribution in [1.82, 2.24) is 4.98 Å². The van der Waals surface area contributed by atoms with Gasteiger partial charge in [-0.2, -0.15) is 0 Å². The number of halogens is 2. The third-order valence-electron chi connectivity index (χ3n) is 3.21. The van der Waals surface area contributed by atoms with E-state index in [1.165, 1.54) is 36.5 Å². The molecule has 0 saturated heterocycles. The maximum absolute atomic E-state index is 13.1. The van der Waals surface area contributed by atoms with E-state index in [-0.39, 0.29) is 11.4 Å². The number of carbonyl (C=O) groups is 1. The number of carbonyl (C=O) groups excluding carboxylic acids is 1. The van der Waals surface area contributed by atoms with Crippen LogP contribution in [0, 0.1) is 11.6 Å². The summed E-state index contributed by atoms with van der Waals surface area (Å²) in [6.45, 7) is 0. The molecule has 0 bridgehead atoms. The first-order valence-electron chi connectivity index (χ1n) is 7.16. The average molecular weight is 325 g/mol. The molecule has 2 aromatic carbocycles. The van der Waals surface area contributed by atoms with Gasteiger partial charge in [-0.3, -0.25) is 4.79 Å². The average Bonchev–Trinajstić information content (AvgIpc) is 2.57. The van der Waals surface area contributed by atoms with Crippen LogP contribution in [0.2, 0.25) is 0 Å². The highest BCUT2D eigenvalue weighted by Gasteiger charge is 2.07. The van der Waals surface area contributed by atoms with Crippen LogP contribution in [0.4, 0.5) is 26.0 Å². The number of benzene rings is 2. The van der Waals surface area contributed by atoms with Gasteiger partial charge in [0.1, 0.15) is 17.5 Å². The summed E-state index contributed by atoms with van der Waals surface area (Å²) >= 11 is 0. The lowest BCUT2D eigenvalue weighted by Gasteiger charge is -2.08. The minimum Gasteiger partial charge on any atom is -0.354 e. The number of hydrogen-bond acceptors (Lipinski definition) is 3. The van der Waals surface area contributed by atoms with Gasteiger partial charge in [0.05, 0.1) is 11.9 Å². The molecule has 0 saturated carbocycles. The fraction of sp³-hybridized carbons (Fsp3) is 0. The van der Waals surface area contributed by atoms with Gasteiger partial charge in [-0.05, 0) is 48.5 Å². The minimum atomic E-state index is -0.481. The first-order chi connectivity index (χ1) is 11.6. The zero-order valence-corrected chi connectivity index (χ0v) is 12.5. The summed E-state index contributed by atoms with van der Waals surface area (Å²) in [6, 6.07) is 14.7. The first-order valence-corrected chi connectivity index (χ1v) is 7.16. The smallest absolute Gasteiger partial charge is 0.256 e. The van der Waals surface area contributed by atoms with Crippen molar-refractivity contribution in [2.75, 3.05) is 10.6 Å². The Kier molecular flexibility index (Phi) is 4.47. The molecule has 0 aliphatic rings. The van der Waals surface area contributed by atoms with E-state index in [0.29, 0.717) is 17.2 Å². The second-order valence-electron chi connectivity index (χ2n) is 5.03. The molecule has 0 spiro atoms. The molecule has 4 nitrogen and oxygen atoms in total. The zero-order valence-electron chi connectivity index (χ0n) is 12.5. The van der Waals surface area contributed by atoms with E-state index in [1.54, 1.807) is 24.3 Å². The molecule has 0 aliphatic heterocycles. The highest BCUT2D eigenvalue weighted by Crippen LogP contribution is 2.18. The Labute approximate surface area is 137 Å². The molecule has 0 fully saturated rings. The lowest BCUT2D eigenvalue weighted by atomic mass is 10.2. The van der Waals surface area contributed by atoms with Crippen molar-refractivity contribution in [1.29, 1.82) is 0 Å². The van der Waals surface area contributed by atoms with Crippen LogP contribution in [0.3, 0.4) is 0 Å². The summed E-state index contributed by atoms with van der Waals surface area (Å²) in [5.41, 5.74) is 1.44. The van der Waals surface area contributed by atoms with E-state index >= 15 is 0 Å². The monoisotopic (exact) mass is 325 g/mol. The number of anilines is 3.